The summed E-state index contributed by atoms with van der Waals surface area (Å²) in [5.41, 5.74) is 6.33. The molecule has 5 heteroatoms. The number of halogens is 2. The van der Waals surface area contributed by atoms with E-state index in [4.69, 9.17) is 28.3 Å². The summed E-state index contributed by atoms with van der Waals surface area (Å²) in [6, 6.07) is 15.1. The minimum atomic E-state index is 0.593. The number of aryl methyl sites for hydroxylation is 1. The third kappa shape index (κ3) is 4.72. The number of benzene rings is 2. The van der Waals surface area contributed by atoms with Gasteiger partial charge in [0.2, 0.25) is 0 Å². The first kappa shape index (κ1) is 19.1. The lowest BCUT2D eigenvalue weighted by Gasteiger charge is -2.26. The summed E-state index contributed by atoms with van der Waals surface area (Å²) in [7, 11) is 0. The Kier molecular flexibility index (Phi) is 6.81. The third-order valence-corrected chi connectivity index (χ3v) is 5.14. The molecule has 0 bridgehead atoms. The van der Waals surface area contributed by atoms with Crippen LogP contribution in [-0.2, 0) is 13.0 Å². The molecule has 138 valence electrons. The standard InChI is InChI=1S/C21H25Cl2N3/c1-17-14-21(25(12-9-22)13-10-23)7-6-19(17)15-24-26-11-8-18-4-2-3-5-20(18)16-26/h2-7,14-15H,8-13,16H2,1H3/b24-15+. The molecule has 0 N–H and O–H groups in total. The summed E-state index contributed by atoms with van der Waals surface area (Å²) in [5, 5.41) is 6.85. The normalized spacial score (nSPS) is 13.9. The van der Waals surface area contributed by atoms with Crippen LogP contribution in [0.25, 0.3) is 0 Å². The van der Waals surface area contributed by atoms with Crippen molar-refractivity contribution >= 4 is 35.1 Å². The van der Waals surface area contributed by atoms with Gasteiger partial charge in [0, 0.05) is 37.1 Å². The molecule has 0 aliphatic carbocycles. The van der Waals surface area contributed by atoms with E-state index in [0.29, 0.717) is 11.8 Å². The molecule has 0 aromatic heterocycles. The highest BCUT2D eigenvalue weighted by Crippen LogP contribution is 2.21. The lowest BCUT2D eigenvalue weighted by atomic mass is 10.0. The van der Waals surface area contributed by atoms with Gasteiger partial charge in [-0.3, -0.25) is 5.01 Å². The summed E-state index contributed by atoms with van der Waals surface area (Å²) in [4.78, 5) is 2.22. The Hall–Kier alpha value is -1.71. The van der Waals surface area contributed by atoms with E-state index in [0.717, 1.165) is 43.9 Å². The van der Waals surface area contributed by atoms with Crippen molar-refractivity contribution in [2.24, 2.45) is 5.10 Å². The van der Waals surface area contributed by atoms with E-state index in [-0.39, 0.29) is 0 Å². The maximum absolute atomic E-state index is 5.91. The Morgan fingerprint density at radius 1 is 1.08 bits per heavy atom. The van der Waals surface area contributed by atoms with E-state index in [1.54, 1.807) is 0 Å². The van der Waals surface area contributed by atoms with Gasteiger partial charge in [-0.25, -0.2) is 0 Å². The van der Waals surface area contributed by atoms with Gasteiger partial charge in [-0.2, -0.15) is 5.10 Å². The van der Waals surface area contributed by atoms with Gasteiger partial charge < -0.3 is 4.90 Å². The van der Waals surface area contributed by atoms with Gasteiger partial charge in [0.1, 0.15) is 0 Å². The summed E-state index contributed by atoms with van der Waals surface area (Å²) in [6.45, 7) is 5.56. The highest BCUT2D eigenvalue weighted by Gasteiger charge is 2.13. The van der Waals surface area contributed by atoms with Gasteiger partial charge in [0.25, 0.3) is 0 Å². The molecule has 0 amide bonds. The average Bonchev–Trinajstić information content (AvgIpc) is 2.66. The van der Waals surface area contributed by atoms with Crippen molar-refractivity contribution in [3.8, 4) is 0 Å². The Labute approximate surface area is 166 Å². The number of hydrogen-bond donors (Lipinski definition) is 0. The zero-order valence-corrected chi connectivity index (χ0v) is 16.7. The second-order valence-electron chi connectivity index (χ2n) is 6.56. The molecule has 1 aliphatic heterocycles. The Balaban J connectivity index is 1.69. The fourth-order valence-electron chi connectivity index (χ4n) is 3.30. The molecule has 0 saturated heterocycles. The van der Waals surface area contributed by atoms with Crippen LogP contribution in [0.5, 0.6) is 0 Å². The van der Waals surface area contributed by atoms with E-state index in [9.17, 15) is 0 Å². The molecule has 26 heavy (non-hydrogen) atoms. The van der Waals surface area contributed by atoms with E-state index < -0.39 is 0 Å². The van der Waals surface area contributed by atoms with Crippen molar-refractivity contribution in [3.63, 3.8) is 0 Å². The lowest BCUT2D eigenvalue weighted by molar-refractivity contribution is 0.269. The van der Waals surface area contributed by atoms with Crippen molar-refractivity contribution in [1.82, 2.24) is 5.01 Å². The highest BCUT2D eigenvalue weighted by molar-refractivity contribution is 6.18. The van der Waals surface area contributed by atoms with Gasteiger partial charge in [-0.05, 0) is 47.7 Å². The van der Waals surface area contributed by atoms with Crippen LogP contribution in [0.4, 0.5) is 5.69 Å². The molecule has 0 unspecified atom stereocenters. The van der Waals surface area contributed by atoms with Crippen LogP contribution in [0, 0.1) is 6.92 Å². The van der Waals surface area contributed by atoms with Crippen molar-refractivity contribution < 1.29 is 0 Å². The lowest BCUT2D eigenvalue weighted by Crippen LogP contribution is -2.27. The second-order valence-corrected chi connectivity index (χ2v) is 7.31. The molecule has 0 fully saturated rings. The first-order valence-electron chi connectivity index (χ1n) is 9.04. The first-order chi connectivity index (χ1) is 12.7. The average molecular weight is 390 g/mol. The van der Waals surface area contributed by atoms with Crippen LogP contribution >= 0.6 is 23.2 Å². The van der Waals surface area contributed by atoms with E-state index in [2.05, 4.69) is 59.3 Å². The summed E-state index contributed by atoms with van der Waals surface area (Å²) >= 11 is 11.8. The Bertz CT molecular complexity index is 755. The number of rotatable bonds is 7. The molecule has 1 aliphatic rings. The van der Waals surface area contributed by atoms with Gasteiger partial charge in [0.15, 0.2) is 0 Å². The predicted molar refractivity (Wildman–Crippen MR) is 113 cm³/mol. The Morgan fingerprint density at radius 3 is 2.50 bits per heavy atom. The van der Waals surface area contributed by atoms with Gasteiger partial charge in [-0.15, -0.1) is 23.2 Å². The first-order valence-corrected chi connectivity index (χ1v) is 10.1. The monoisotopic (exact) mass is 389 g/mol. The molecular weight excluding hydrogens is 365 g/mol. The van der Waals surface area contributed by atoms with Gasteiger partial charge in [-0.1, -0.05) is 30.3 Å². The minimum Gasteiger partial charge on any atom is -0.369 e. The van der Waals surface area contributed by atoms with Gasteiger partial charge in [0.05, 0.1) is 12.8 Å². The SMILES string of the molecule is Cc1cc(N(CCCl)CCCl)ccc1/C=N/N1CCc2ccccc2C1. The number of nitrogens with zero attached hydrogens (tertiary/aromatic N) is 3. The number of alkyl halides is 2. The number of hydrazone groups is 1. The molecule has 0 spiro atoms. The fraction of sp³-hybridized carbons (Fsp3) is 0.381. The summed E-state index contributed by atoms with van der Waals surface area (Å²) in [5.74, 6) is 1.19. The van der Waals surface area contributed by atoms with Crippen LogP contribution in [0.2, 0.25) is 0 Å². The van der Waals surface area contributed by atoms with Crippen molar-refractivity contribution in [1.29, 1.82) is 0 Å². The molecule has 0 saturated carbocycles. The summed E-state index contributed by atoms with van der Waals surface area (Å²) < 4.78 is 0. The van der Waals surface area contributed by atoms with Crippen LogP contribution in [0.1, 0.15) is 22.3 Å². The van der Waals surface area contributed by atoms with Crippen LogP contribution in [0.3, 0.4) is 0 Å². The summed E-state index contributed by atoms with van der Waals surface area (Å²) in [6.07, 6.45) is 3.03. The van der Waals surface area contributed by atoms with E-state index >= 15 is 0 Å². The number of fused-ring (bicyclic) bond motifs is 1. The highest BCUT2D eigenvalue weighted by atomic mass is 35.5. The molecule has 2 aromatic carbocycles. The Morgan fingerprint density at radius 2 is 1.81 bits per heavy atom. The molecule has 0 atom stereocenters. The topological polar surface area (TPSA) is 18.8 Å². The minimum absolute atomic E-state index is 0.593. The smallest absolute Gasteiger partial charge is 0.0613 e. The van der Waals surface area contributed by atoms with Crippen LogP contribution < -0.4 is 4.90 Å². The van der Waals surface area contributed by atoms with Crippen molar-refractivity contribution in [2.45, 2.75) is 19.9 Å². The van der Waals surface area contributed by atoms with Crippen LogP contribution in [-0.4, -0.2) is 42.6 Å². The third-order valence-electron chi connectivity index (χ3n) is 4.80. The largest absolute Gasteiger partial charge is 0.369 e. The molecule has 3 nitrogen and oxygen atoms in total. The number of anilines is 1. The molecule has 2 aromatic rings. The zero-order valence-electron chi connectivity index (χ0n) is 15.2. The fourth-order valence-corrected chi connectivity index (χ4v) is 3.71. The molecule has 3 rings (SSSR count). The van der Waals surface area contributed by atoms with E-state index in [1.807, 2.05) is 6.21 Å². The zero-order chi connectivity index (χ0) is 18.4. The predicted octanol–water partition coefficient (Wildman–Crippen LogP) is 4.67. The molecular formula is C21H25Cl2N3. The van der Waals surface area contributed by atoms with Gasteiger partial charge >= 0.3 is 0 Å². The van der Waals surface area contributed by atoms with E-state index in [1.165, 1.54) is 16.7 Å². The maximum atomic E-state index is 5.91. The van der Waals surface area contributed by atoms with Crippen molar-refractivity contribution in [2.75, 3.05) is 36.3 Å². The number of hydrogen-bond acceptors (Lipinski definition) is 3. The molecule has 0 radical (unpaired) electrons. The molecule has 1 heterocycles. The quantitative estimate of drug-likeness (QED) is 0.505. The van der Waals surface area contributed by atoms with Crippen molar-refractivity contribution in [3.05, 3.63) is 64.7 Å². The second kappa shape index (κ2) is 9.29. The van der Waals surface area contributed by atoms with Crippen LogP contribution in [0.15, 0.2) is 47.6 Å². The maximum Gasteiger partial charge on any atom is 0.0613 e.